The summed E-state index contributed by atoms with van der Waals surface area (Å²) < 4.78 is 13.1. The van der Waals surface area contributed by atoms with Gasteiger partial charge in [-0.3, -0.25) is 0 Å². The minimum atomic E-state index is 0.580. The fraction of sp³-hybridized carbons (Fsp3) is 0.357. The average Bonchev–Trinajstić information content (AvgIpc) is 2.80. The summed E-state index contributed by atoms with van der Waals surface area (Å²) in [6, 6.07) is 5.80. The van der Waals surface area contributed by atoms with Crippen molar-refractivity contribution in [1.82, 2.24) is 9.55 Å². The van der Waals surface area contributed by atoms with E-state index in [1.54, 1.807) is 6.33 Å². The van der Waals surface area contributed by atoms with Gasteiger partial charge in [0, 0.05) is 12.1 Å². The third kappa shape index (κ3) is 2.12. The SMILES string of the molecule is CCCn1cnc(-c2ccc3c(c2)OCCO3)c1N. The normalized spacial score (nSPS) is 13.5. The third-order valence-electron chi connectivity index (χ3n) is 3.16. The van der Waals surface area contributed by atoms with Crippen molar-refractivity contribution in [2.45, 2.75) is 19.9 Å². The maximum atomic E-state index is 6.13. The topological polar surface area (TPSA) is 62.3 Å². The largest absolute Gasteiger partial charge is 0.486 e. The number of hydrogen-bond donors (Lipinski definition) is 1. The molecule has 2 N–H and O–H groups in total. The van der Waals surface area contributed by atoms with Crippen molar-refractivity contribution in [3.63, 3.8) is 0 Å². The van der Waals surface area contributed by atoms with Crippen LogP contribution in [0.25, 0.3) is 11.3 Å². The van der Waals surface area contributed by atoms with E-state index in [-0.39, 0.29) is 0 Å². The number of ether oxygens (including phenoxy) is 2. The molecule has 1 aromatic heterocycles. The number of fused-ring (bicyclic) bond motifs is 1. The molecule has 0 fully saturated rings. The maximum Gasteiger partial charge on any atom is 0.162 e. The van der Waals surface area contributed by atoms with Gasteiger partial charge in [-0.05, 0) is 24.6 Å². The lowest BCUT2D eigenvalue weighted by atomic mass is 10.1. The molecule has 100 valence electrons. The van der Waals surface area contributed by atoms with E-state index in [0.717, 1.165) is 35.7 Å². The zero-order valence-corrected chi connectivity index (χ0v) is 10.9. The van der Waals surface area contributed by atoms with Crippen LogP contribution in [0.4, 0.5) is 5.82 Å². The van der Waals surface area contributed by atoms with Gasteiger partial charge in [0.05, 0.1) is 6.33 Å². The van der Waals surface area contributed by atoms with Crippen molar-refractivity contribution in [3.05, 3.63) is 24.5 Å². The van der Waals surface area contributed by atoms with Crippen LogP contribution in [0.5, 0.6) is 11.5 Å². The van der Waals surface area contributed by atoms with Crippen molar-refractivity contribution in [3.8, 4) is 22.8 Å². The Bertz CT molecular complexity index is 592. The second-order valence-electron chi connectivity index (χ2n) is 4.53. The standard InChI is InChI=1S/C14H17N3O2/c1-2-5-17-9-16-13(14(17)15)10-3-4-11-12(8-10)19-7-6-18-11/h3-4,8-9H,2,5-7,15H2,1H3. The van der Waals surface area contributed by atoms with Crippen molar-refractivity contribution >= 4 is 5.82 Å². The van der Waals surface area contributed by atoms with Crippen LogP contribution in [-0.2, 0) is 6.54 Å². The number of aromatic nitrogens is 2. The molecule has 0 radical (unpaired) electrons. The highest BCUT2D eigenvalue weighted by Crippen LogP contribution is 2.35. The van der Waals surface area contributed by atoms with Gasteiger partial charge >= 0.3 is 0 Å². The molecule has 0 atom stereocenters. The van der Waals surface area contributed by atoms with E-state index in [0.29, 0.717) is 19.0 Å². The van der Waals surface area contributed by atoms with Gasteiger partial charge in [0.15, 0.2) is 11.5 Å². The molecule has 1 aromatic carbocycles. The molecular formula is C14H17N3O2. The smallest absolute Gasteiger partial charge is 0.162 e. The summed E-state index contributed by atoms with van der Waals surface area (Å²) in [6.45, 7) is 4.17. The van der Waals surface area contributed by atoms with E-state index in [1.807, 2.05) is 22.8 Å². The first kappa shape index (κ1) is 11.9. The molecule has 5 nitrogen and oxygen atoms in total. The second kappa shape index (κ2) is 4.84. The summed E-state index contributed by atoms with van der Waals surface area (Å²) in [4.78, 5) is 4.40. The van der Waals surface area contributed by atoms with Gasteiger partial charge in [-0.15, -0.1) is 0 Å². The first-order valence-electron chi connectivity index (χ1n) is 6.50. The van der Waals surface area contributed by atoms with Gasteiger partial charge in [0.25, 0.3) is 0 Å². The minimum absolute atomic E-state index is 0.580. The summed E-state index contributed by atoms with van der Waals surface area (Å²) in [5.74, 6) is 2.23. The first-order chi connectivity index (χ1) is 9.29. The highest BCUT2D eigenvalue weighted by molar-refractivity contribution is 5.72. The predicted octanol–water partition coefficient (Wildman–Crippen LogP) is 2.31. The molecule has 2 aromatic rings. The summed E-state index contributed by atoms with van der Waals surface area (Å²) in [6.07, 6.45) is 2.81. The average molecular weight is 259 g/mol. The van der Waals surface area contributed by atoms with Crippen LogP contribution < -0.4 is 15.2 Å². The summed E-state index contributed by atoms with van der Waals surface area (Å²) in [5.41, 5.74) is 7.88. The van der Waals surface area contributed by atoms with E-state index < -0.39 is 0 Å². The molecule has 0 saturated carbocycles. The highest BCUT2D eigenvalue weighted by Gasteiger charge is 2.15. The second-order valence-corrected chi connectivity index (χ2v) is 4.53. The molecule has 0 bridgehead atoms. The summed E-state index contributed by atoms with van der Waals surface area (Å²) in [5, 5.41) is 0. The first-order valence-corrected chi connectivity index (χ1v) is 6.50. The van der Waals surface area contributed by atoms with E-state index in [4.69, 9.17) is 15.2 Å². The lowest BCUT2D eigenvalue weighted by molar-refractivity contribution is 0.171. The lowest BCUT2D eigenvalue weighted by Crippen LogP contribution is -2.15. The van der Waals surface area contributed by atoms with Crippen LogP contribution in [0.1, 0.15) is 13.3 Å². The Balaban J connectivity index is 1.98. The molecule has 19 heavy (non-hydrogen) atoms. The molecule has 0 saturated heterocycles. The Morgan fingerprint density at radius 3 is 2.84 bits per heavy atom. The van der Waals surface area contributed by atoms with Crippen LogP contribution in [0.3, 0.4) is 0 Å². The molecule has 1 aliphatic heterocycles. The number of nitrogen functional groups attached to an aromatic ring is 1. The predicted molar refractivity (Wildman–Crippen MR) is 73.4 cm³/mol. The van der Waals surface area contributed by atoms with Gasteiger partial charge in [0.2, 0.25) is 0 Å². The van der Waals surface area contributed by atoms with E-state index in [1.165, 1.54) is 0 Å². The third-order valence-corrected chi connectivity index (χ3v) is 3.16. The van der Waals surface area contributed by atoms with Gasteiger partial charge in [-0.1, -0.05) is 6.92 Å². The number of aryl methyl sites for hydroxylation is 1. The number of rotatable bonds is 3. The van der Waals surface area contributed by atoms with Gasteiger partial charge in [-0.25, -0.2) is 4.98 Å². The molecule has 0 unspecified atom stereocenters. The summed E-state index contributed by atoms with van der Waals surface area (Å²) in [7, 11) is 0. The monoisotopic (exact) mass is 259 g/mol. The number of nitrogens with two attached hydrogens (primary N) is 1. The molecule has 1 aliphatic rings. The minimum Gasteiger partial charge on any atom is -0.486 e. The number of anilines is 1. The molecular weight excluding hydrogens is 242 g/mol. The Kier molecular flexibility index (Phi) is 3.03. The van der Waals surface area contributed by atoms with Crippen molar-refractivity contribution < 1.29 is 9.47 Å². The van der Waals surface area contributed by atoms with Crippen LogP contribution >= 0.6 is 0 Å². The molecule has 0 aliphatic carbocycles. The van der Waals surface area contributed by atoms with Gasteiger partial charge < -0.3 is 19.8 Å². The number of imidazole rings is 1. The van der Waals surface area contributed by atoms with Crippen LogP contribution in [0, 0.1) is 0 Å². The number of benzene rings is 1. The van der Waals surface area contributed by atoms with Crippen LogP contribution in [0.2, 0.25) is 0 Å². The zero-order valence-electron chi connectivity index (χ0n) is 10.9. The fourth-order valence-corrected chi connectivity index (χ4v) is 2.22. The highest BCUT2D eigenvalue weighted by atomic mass is 16.6. The number of hydrogen-bond acceptors (Lipinski definition) is 4. The molecule has 5 heteroatoms. The van der Waals surface area contributed by atoms with Crippen LogP contribution in [0.15, 0.2) is 24.5 Å². The van der Waals surface area contributed by atoms with E-state index in [2.05, 4.69) is 11.9 Å². The zero-order chi connectivity index (χ0) is 13.2. The van der Waals surface area contributed by atoms with E-state index in [9.17, 15) is 0 Å². The maximum absolute atomic E-state index is 6.13. The molecule has 0 spiro atoms. The van der Waals surface area contributed by atoms with Crippen molar-refractivity contribution in [1.29, 1.82) is 0 Å². The van der Waals surface area contributed by atoms with Crippen molar-refractivity contribution in [2.24, 2.45) is 0 Å². The number of nitrogens with zero attached hydrogens (tertiary/aromatic N) is 2. The summed E-state index contributed by atoms with van der Waals surface area (Å²) >= 11 is 0. The molecule has 3 rings (SSSR count). The van der Waals surface area contributed by atoms with Gasteiger partial charge in [-0.2, -0.15) is 0 Å². The Morgan fingerprint density at radius 2 is 2.05 bits per heavy atom. The Morgan fingerprint density at radius 1 is 1.26 bits per heavy atom. The Hall–Kier alpha value is -2.17. The van der Waals surface area contributed by atoms with E-state index >= 15 is 0 Å². The molecule has 2 heterocycles. The lowest BCUT2D eigenvalue weighted by Gasteiger charge is -2.18. The molecule has 0 amide bonds. The quantitative estimate of drug-likeness (QED) is 0.918. The fourth-order valence-electron chi connectivity index (χ4n) is 2.22. The van der Waals surface area contributed by atoms with Crippen molar-refractivity contribution in [2.75, 3.05) is 18.9 Å². The Labute approximate surface area is 112 Å². The van der Waals surface area contributed by atoms with Crippen LogP contribution in [-0.4, -0.2) is 22.8 Å². The van der Waals surface area contributed by atoms with Gasteiger partial charge in [0.1, 0.15) is 24.7 Å².